The second-order valence-electron chi connectivity index (χ2n) is 4.26. The minimum absolute atomic E-state index is 0.622. The van der Waals surface area contributed by atoms with Gasteiger partial charge in [0.15, 0.2) is 0 Å². The lowest BCUT2D eigenvalue weighted by atomic mass is 9.59. The van der Waals surface area contributed by atoms with Gasteiger partial charge in [0, 0.05) is 6.04 Å². The summed E-state index contributed by atoms with van der Waals surface area (Å²) in [5.74, 6) is 2.01. The summed E-state index contributed by atoms with van der Waals surface area (Å²) in [6.07, 6.45) is 5.92. The highest BCUT2D eigenvalue weighted by atomic mass is 14.9. The van der Waals surface area contributed by atoms with Crippen molar-refractivity contribution in [1.82, 2.24) is 0 Å². The van der Waals surface area contributed by atoms with E-state index in [0.717, 1.165) is 11.8 Å². The van der Waals surface area contributed by atoms with E-state index in [1.165, 1.54) is 25.7 Å². The molecule has 50 valence electrons. The SMILES string of the molecule is NC1C2CC13CCC2C3. The van der Waals surface area contributed by atoms with Crippen LogP contribution in [0.1, 0.15) is 25.7 Å². The van der Waals surface area contributed by atoms with E-state index in [1.54, 1.807) is 0 Å². The first-order valence-electron chi connectivity index (χ1n) is 4.07. The van der Waals surface area contributed by atoms with Crippen molar-refractivity contribution in [1.29, 1.82) is 0 Å². The molecule has 4 rings (SSSR count). The minimum Gasteiger partial charge on any atom is -0.327 e. The van der Waals surface area contributed by atoms with Gasteiger partial charge in [0.2, 0.25) is 0 Å². The molecule has 4 fully saturated rings. The molecule has 1 heteroatoms. The molecular formula is C8H13N. The molecule has 9 heavy (non-hydrogen) atoms. The summed E-state index contributed by atoms with van der Waals surface area (Å²) < 4.78 is 0. The summed E-state index contributed by atoms with van der Waals surface area (Å²) in [4.78, 5) is 0. The van der Waals surface area contributed by atoms with Crippen LogP contribution < -0.4 is 5.73 Å². The van der Waals surface area contributed by atoms with Crippen molar-refractivity contribution < 1.29 is 0 Å². The van der Waals surface area contributed by atoms with E-state index in [0.29, 0.717) is 11.5 Å². The van der Waals surface area contributed by atoms with Crippen LogP contribution in [0.5, 0.6) is 0 Å². The van der Waals surface area contributed by atoms with Crippen LogP contribution in [0.3, 0.4) is 0 Å². The normalized spacial score (nSPS) is 68.3. The molecule has 4 aliphatic rings. The summed E-state index contributed by atoms with van der Waals surface area (Å²) >= 11 is 0. The molecule has 1 spiro atoms. The molecule has 4 atom stereocenters. The monoisotopic (exact) mass is 123 g/mol. The van der Waals surface area contributed by atoms with E-state index < -0.39 is 0 Å². The van der Waals surface area contributed by atoms with Crippen LogP contribution in [0.2, 0.25) is 0 Å². The predicted octanol–water partition coefficient (Wildman–Crippen LogP) is 1.13. The lowest BCUT2D eigenvalue weighted by Crippen LogP contribution is -2.53. The fourth-order valence-corrected chi connectivity index (χ4v) is 3.54. The summed E-state index contributed by atoms with van der Waals surface area (Å²) in [6.45, 7) is 0. The van der Waals surface area contributed by atoms with Crippen LogP contribution in [0.15, 0.2) is 0 Å². The van der Waals surface area contributed by atoms with E-state index in [2.05, 4.69) is 0 Å². The van der Waals surface area contributed by atoms with Crippen LogP contribution in [0.4, 0.5) is 0 Å². The second-order valence-corrected chi connectivity index (χ2v) is 4.26. The Morgan fingerprint density at radius 2 is 2.22 bits per heavy atom. The highest BCUT2D eigenvalue weighted by Gasteiger charge is 2.65. The summed E-state index contributed by atoms with van der Waals surface area (Å²) in [6, 6.07) is 0.622. The Labute approximate surface area is 55.6 Å². The van der Waals surface area contributed by atoms with Crippen molar-refractivity contribution in [3.63, 3.8) is 0 Å². The van der Waals surface area contributed by atoms with Gasteiger partial charge in [0.1, 0.15) is 0 Å². The first-order chi connectivity index (χ1) is 4.32. The second kappa shape index (κ2) is 1.07. The maximum Gasteiger partial charge on any atom is 0.0127 e. The molecule has 4 saturated carbocycles. The number of hydrogen-bond donors (Lipinski definition) is 1. The van der Waals surface area contributed by atoms with Gasteiger partial charge in [-0.15, -0.1) is 0 Å². The standard InChI is InChI=1S/C8H13N/c9-7-6-4-8(7)2-1-5(6)3-8/h5-7H,1-4,9H2. The van der Waals surface area contributed by atoms with Crippen molar-refractivity contribution >= 4 is 0 Å². The average molecular weight is 123 g/mol. The van der Waals surface area contributed by atoms with Crippen molar-refractivity contribution in [3.05, 3.63) is 0 Å². The van der Waals surface area contributed by atoms with Gasteiger partial charge in [-0.1, -0.05) is 0 Å². The van der Waals surface area contributed by atoms with Gasteiger partial charge in [-0.2, -0.15) is 0 Å². The lowest BCUT2D eigenvalue weighted by Gasteiger charge is -2.48. The first-order valence-corrected chi connectivity index (χ1v) is 4.07. The van der Waals surface area contributed by atoms with E-state index in [1.807, 2.05) is 0 Å². The molecule has 0 aliphatic heterocycles. The molecule has 2 N–H and O–H groups in total. The molecule has 0 amide bonds. The fraction of sp³-hybridized carbons (Fsp3) is 1.00. The Balaban J connectivity index is 2.08. The molecule has 0 heterocycles. The van der Waals surface area contributed by atoms with Crippen LogP contribution in [0.25, 0.3) is 0 Å². The molecule has 3 bridgehead atoms. The van der Waals surface area contributed by atoms with Gasteiger partial charge < -0.3 is 5.73 Å². The Hall–Kier alpha value is -0.0400. The van der Waals surface area contributed by atoms with Crippen LogP contribution in [0, 0.1) is 17.3 Å². The minimum atomic E-state index is 0.622. The zero-order valence-corrected chi connectivity index (χ0v) is 5.64. The molecule has 0 aromatic rings. The Morgan fingerprint density at radius 3 is 2.44 bits per heavy atom. The van der Waals surface area contributed by atoms with Gasteiger partial charge in [-0.05, 0) is 42.9 Å². The molecule has 0 radical (unpaired) electrons. The van der Waals surface area contributed by atoms with E-state index >= 15 is 0 Å². The summed E-state index contributed by atoms with van der Waals surface area (Å²) in [7, 11) is 0. The predicted molar refractivity (Wildman–Crippen MR) is 35.9 cm³/mol. The number of hydrogen-bond acceptors (Lipinski definition) is 1. The molecule has 0 saturated heterocycles. The molecule has 4 aliphatic carbocycles. The number of rotatable bonds is 0. The third kappa shape index (κ3) is 0.315. The Bertz CT molecular complexity index is 160. The fourth-order valence-electron chi connectivity index (χ4n) is 3.54. The van der Waals surface area contributed by atoms with Gasteiger partial charge in [-0.3, -0.25) is 0 Å². The van der Waals surface area contributed by atoms with Gasteiger partial charge in [-0.25, -0.2) is 0 Å². The van der Waals surface area contributed by atoms with Gasteiger partial charge in [0.05, 0.1) is 0 Å². The third-order valence-electron chi connectivity index (χ3n) is 4.10. The highest BCUT2D eigenvalue weighted by molar-refractivity contribution is 5.18. The van der Waals surface area contributed by atoms with Crippen LogP contribution in [-0.2, 0) is 0 Å². The van der Waals surface area contributed by atoms with Crippen molar-refractivity contribution in [2.75, 3.05) is 0 Å². The quantitative estimate of drug-likeness (QED) is 0.513. The Kier molecular flexibility index (Phi) is 0.563. The molecule has 4 unspecified atom stereocenters. The van der Waals surface area contributed by atoms with Crippen LogP contribution in [-0.4, -0.2) is 6.04 Å². The van der Waals surface area contributed by atoms with Crippen LogP contribution >= 0.6 is 0 Å². The maximum absolute atomic E-state index is 6.00. The van der Waals surface area contributed by atoms with Crippen molar-refractivity contribution in [2.45, 2.75) is 31.7 Å². The molecular weight excluding hydrogens is 110 g/mol. The average Bonchev–Trinajstić information content (AvgIpc) is 2.47. The Morgan fingerprint density at radius 1 is 1.33 bits per heavy atom. The molecule has 0 aromatic heterocycles. The van der Waals surface area contributed by atoms with E-state index in [-0.39, 0.29) is 0 Å². The zero-order valence-electron chi connectivity index (χ0n) is 5.64. The summed E-state index contributed by atoms with van der Waals surface area (Å²) in [5.41, 5.74) is 6.69. The van der Waals surface area contributed by atoms with Crippen molar-refractivity contribution in [3.8, 4) is 0 Å². The van der Waals surface area contributed by atoms with Crippen molar-refractivity contribution in [2.24, 2.45) is 23.0 Å². The van der Waals surface area contributed by atoms with E-state index in [9.17, 15) is 0 Å². The number of nitrogens with two attached hydrogens (primary N) is 1. The molecule has 0 aromatic carbocycles. The first kappa shape index (κ1) is 4.73. The summed E-state index contributed by atoms with van der Waals surface area (Å²) in [5, 5.41) is 0. The smallest absolute Gasteiger partial charge is 0.0127 e. The maximum atomic E-state index is 6.00. The molecule has 1 nitrogen and oxygen atoms in total. The zero-order chi connectivity index (χ0) is 6.06. The lowest BCUT2D eigenvalue weighted by molar-refractivity contribution is 0.0515. The topological polar surface area (TPSA) is 26.0 Å². The van der Waals surface area contributed by atoms with E-state index in [4.69, 9.17) is 5.73 Å². The van der Waals surface area contributed by atoms with Gasteiger partial charge in [0.25, 0.3) is 0 Å². The largest absolute Gasteiger partial charge is 0.327 e. The van der Waals surface area contributed by atoms with Gasteiger partial charge >= 0.3 is 0 Å². The highest BCUT2D eigenvalue weighted by Crippen LogP contribution is 2.69. The third-order valence-corrected chi connectivity index (χ3v) is 4.10.